The summed E-state index contributed by atoms with van der Waals surface area (Å²) in [5.74, 6) is -0.000279. The van der Waals surface area contributed by atoms with Crippen LogP contribution in [0.25, 0.3) is 0 Å². The Bertz CT molecular complexity index is 272. The molecule has 16 heavy (non-hydrogen) atoms. The molecule has 1 amide bonds. The molecule has 92 valence electrons. The van der Waals surface area contributed by atoms with E-state index in [9.17, 15) is 9.18 Å². The summed E-state index contributed by atoms with van der Waals surface area (Å²) < 4.78 is 16.2. The molecule has 0 aromatic carbocycles. The highest BCUT2D eigenvalue weighted by Crippen LogP contribution is 2.07. The van der Waals surface area contributed by atoms with Gasteiger partial charge >= 0.3 is 0 Å². The van der Waals surface area contributed by atoms with E-state index in [1.165, 1.54) is 24.0 Å². The standard InChI is InChI=1S/C10H14FNO2.C2H6/c1-5-10(12(4)9(3)13)6-8(2)14-7-11;1-2/h5-6H,1-2,7H2,3-4H3;1-2H3/b10-6+;. The first-order valence-electron chi connectivity index (χ1n) is 4.99. The summed E-state index contributed by atoms with van der Waals surface area (Å²) in [6.07, 6.45) is 2.90. The monoisotopic (exact) mass is 229 g/mol. The number of likely N-dealkylation sites (N-methyl/N-ethyl adjacent to an activating group) is 1. The van der Waals surface area contributed by atoms with E-state index in [1.807, 2.05) is 13.8 Å². The third kappa shape index (κ3) is 6.81. The van der Waals surface area contributed by atoms with Crippen LogP contribution in [-0.4, -0.2) is 24.7 Å². The van der Waals surface area contributed by atoms with Crippen LogP contribution < -0.4 is 0 Å². The molecule has 0 spiro atoms. The van der Waals surface area contributed by atoms with Crippen molar-refractivity contribution in [1.82, 2.24) is 4.90 Å². The predicted octanol–water partition coefficient (Wildman–Crippen LogP) is 3.02. The van der Waals surface area contributed by atoms with Gasteiger partial charge in [0.2, 0.25) is 12.8 Å². The van der Waals surface area contributed by atoms with Gasteiger partial charge in [-0.05, 0) is 6.08 Å². The van der Waals surface area contributed by atoms with Gasteiger partial charge in [-0.2, -0.15) is 0 Å². The lowest BCUT2D eigenvalue weighted by Crippen LogP contribution is -2.22. The smallest absolute Gasteiger partial charge is 0.228 e. The molecule has 0 saturated carbocycles. The van der Waals surface area contributed by atoms with Crippen molar-refractivity contribution in [3.05, 3.63) is 36.8 Å². The molecule has 0 aliphatic heterocycles. The van der Waals surface area contributed by atoms with E-state index >= 15 is 0 Å². The van der Waals surface area contributed by atoms with Crippen LogP contribution in [0.4, 0.5) is 4.39 Å². The second kappa shape index (κ2) is 9.96. The summed E-state index contributed by atoms with van der Waals surface area (Å²) in [5.41, 5.74) is 0.510. The maximum Gasteiger partial charge on any atom is 0.228 e. The quantitative estimate of drug-likeness (QED) is 0.535. The van der Waals surface area contributed by atoms with Gasteiger partial charge < -0.3 is 9.64 Å². The molecule has 0 aliphatic carbocycles. The van der Waals surface area contributed by atoms with E-state index in [-0.39, 0.29) is 11.7 Å². The third-order valence-electron chi connectivity index (χ3n) is 1.62. The number of ether oxygens (including phenoxy) is 1. The molecule has 0 aromatic rings. The fraction of sp³-hybridized carbons (Fsp3) is 0.417. The molecule has 0 bridgehead atoms. The van der Waals surface area contributed by atoms with E-state index < -0.39 is 6.86 Å². The van der Waals surface area contributed by atoms with Crippen molar-refractivity contribution in [2.45, 2.75) is 20.8 Å². The molecule has 0 radical (unpaired) electrons. The van der Waals surface area contributed by atoms with Crippen LogP contribution in [0.2, 0.25) is 0 Å². The summed E-state index contributed by atoms with van der Waals surface area (Å²) in [6.45, 7) is 11.4. The number of rotatable bonds is 5. The van der Waals surface area contributed by atoms with E-state index in [1.54, 1.807) is 7.05 Å². The normalized spacial score (nSPS) is 9.69. The largest absolute Gasteiger partial charge is 0.463 e. The Morgan fingerprint density at radius 2 is 2.00 bits per heavy atom. The molecular weight excluding hydrogens is 209 g/mol. The number of amides is 1. The number of nitrogens with zero attached hydrogens (tertiary/aromatic N) is 1. The summed E-state index contributed by atoms with van der Waals surface area (Å²) >= 11 is 0. The molecule has 0 N–H and O–H groups in total. The van der Waals surface area contributed by atoms with Gasteiger partial charge in [0, 0.05) is 25.7 Å². The Kier molecular flexibility index (Phi) is 10.5. The zero-order valence-corrected chi connectivity index (χ0v) is 10.4. The maximum absolute atomic E-state index is 11.7. The molecule has 0 unspecified atom stereocenters. The Labute approximate surface area is 96.9 Å². The molecule has 0 saturated heterocycles. The minimum Gasteiger partial charge on any atom is -0.463 e. The fourth-order valence-electron chi connectivity index (χ4n) is 0.751. The zero-order chi connectivity index (χ0) is 13.1. The molecule has 0 aromatic heterocycles. The second-order valence-electron chi connectivity index (χ2n) is 2.57. The predicted molar refractivity (Wildman–Crippen MR) is 64.3 cm³/mol. The summed E-state index contributed by atoms with van der Waals surface area (Å²) in [7, 11) is 1.58. The molecule has 0 aliphatic rings. The molecule has 0 fully saturated rings. The molecular formula is C12H20FNO2. The minimum absolute atomic E-state index is 0.149. The lowest BCUT2D eigenvalue weighted by molar-refractivity contribution is -0.125. The molecule has 0 rings (SSSR count). The van der Waals surface area contributed by atoms with Crippen LogP contribution in [0, 0.1) is 0 Å². The number of carbonyl (C=O) groups excluding carboxylic acids is 1. The van der Waals surface area contributed by atoms with Crippen molar-refractivity contribution < 1.29 is 13.9 Å². The van der Waals surface area contributed by atoms with Gasteiger partial charge in [-0.3, -0.25) is 4.79 Å². The first kappa shape index (κ1) is 16.8. The van der Waals surface area contributed by atoms with Gasteiger partial charge in [0.15, 0.2) is 0 Å². The first-order chi connectivity index (χ1) is 7.52. The van der Waals surface area contributed by atoms with E-state index in [0.717, 1.165) is 0 Å². The summed E-state index contributed by atoms with van der Waals surface area (Å²) in [4.78, 5) is 12.3. The molecule has 0 heterocycles. The average Bonchev–Trinajstić information content (AvgIpc) is 2.28. The number of hydrogen-bond donors (Lipinski definition) is 0. The number of halogens is 1. The maximum atomic E-state index is 11.7. The van der Waals surface area contributed by atoms with Gasteiger partial charge in [-0.1, -0.05) is 27.0 Å². The fourth-order valence-corrected chi connectivity index (χ4v) is 0.751. The lowest BCUT2D eigenvalue weighted by Gasteiger charge is -2.16. The van der Waals surface area contributed by atoms with Crippen LogP contribution in [0.15, 0.2) is 36.8 Å². The van der Waals surface area contributed by atoms with Gasteiger partial charge in [0.25, 0.3) is 0 Å². The Hall–Kier alpha value is -1.58. The van der Waals surface area contributed by atoms with Crippen LogP contribution in [0.5, 0.6) is 0 Å². The van der Waals surface area contributed by atoms with Crippen LogP contribution in [-0.2, 0) is 9.53 Å². The Balaban J connectivity index is 0. The van der Waals surface area contributed by atoms with E-state index in [2.05, 4.69) is 17.9 Å². The third-order valence-corrected chi connectivity index (χ3v) is 1.62. The number of carbonyl (C=O) groups is 1. The van der Waals surface area contributed by atoms with Crippen LogP contribution in [0.3, 0.4) is 0 Å². The SMILES string of the molecule is C=C/C(=C\C(=C)OCF)N(C)C(C)=O.CC. The zero-order valence-electron chi connectivity index (χ0n) is 10.4. The van der Waals surface area contributed by atoms with Crippen molar-refractivity contribution in [1.29, 1.82) is 0 Å². The second-order valence-corrected chi connectivity index (χ2v) is 2.57. The van der Waals surface area contributed by atoms with Gasteiger partial charge in [-0.25, -0.2) is 4.39 Å². The lowest BCUT2D eigenvalue weighted by atomic mass is 10.3. The number of allylic oxidation sites excluding steroid dienone is 2. The van der Waals surface area contributed by atoms with Crippen molar-refractivity contribution in [2.75, 3.05) is 13.9 Å². The van der Waals surface area contributed by atoms with Gasteiger partial charge in [0.1, 0.15) is 5.76 Å². The van der Waals surface area contributed by atoms with Crippen molar-refractivity contribution in [2.24, 2.45) is 0 Å². The number of alkyl halides is 1. The topological polar surface area (TPSA) is 29.5 Å². The van der Waals surface area contributed by atoms with Crippen LogP contribution in [0.1, 0.15) is 20.8 Å². The molecule has 4 heteroatoms. The summed E-state index contributed by atoms with van der Waals surface area (Å²) in [5, 5.41) is 0. The van der Waals surface area contributed by atoms with E-state index in [0.29, 0.717) is 5.70 Å². The molecule has 3 nitrogen and oxygen atoms in total. The van der Waals surface area contributed by atoms with Crippen molar-refractivity contribution in [3.63, 3.8) is 0 Å². The van der Waals surface area contributed by atoms with Crippen LogP contribution >= 0.6 is 0 Å². The molecule has 0 atom stereocenters. The summed E-state index contributed by atoms with van der Waals surface area (Å²) in [6, 6.07) is 0. The van der Waals surface area contributed by atoms with E-state index in [4.69, 9.17) is 0 Å². The first-order valence-corrected chi connectivity index (χ1v) is 4.99. The Morgan fingerprint density at radius 3 is 2.31 bits per heavy atom. The Morgan fingerprint density at radius 1 is 1.50 bits per heavy atom. The van der Waals surface area contributed by atoms with Gasteiger partial charge in [0.05, 0.1) is 0 Å². The highest BCUT2D eigenvalue weighted by molar-refractivity contribution is 5.75. The minimum atomic E-state index is -0.941. The highest BCUT2D eigenvalue weighted by Gasteiger charge is 2.05. The average molecular weight is 229 g/mol. The van der Waals surface area contributed by atoms with Crippen molar-refractivity contribution >= 4 is 5.91 Å². The highest BCUT2D eigenvalue weighted by atomic mass is 19.1. The number of hydrogen-bond acceptors (Lipinski definition) is 2. The van der Waals surface area contributed by atoms with Gasteiger partial charge in [-0.15, -0.1) is 0 Å². The van der Waals surface area contributed by atoms with Crippen molar-refractivity contribution in [3.8, 4) is 0 Å².